The first-order chi connectivity index (χ1) is 13.1. The molecule has 1 aliphatic carbocycles. The third-order valence-electron chi connectivity index (χ3n) is 5.47. The molecule has 0 saturated carbocycles. The molecule has 3 rings (SSSR count). The van der Waals surface area contributed by atoms with Gasteiger partial charge in [-0.1, -0.05) is 49.7 Å². The van der Waals surface area contributed by atoms with Gasteiger partial charge in [0.2, 0.25) is 0 Å². The number of rotatable bonds is 7. The van der Waals surface area contributed by atoms with Crippen molar-refractivity contribution in [3.05, 3.63) is 64.7 Å². The molecule has 144 valence electrons. The number of hydrogen-bond acceptors (Lipinski definition) is 2. The highest BCUT2D eigenvalue weighted by atomic mass is 16.5. The second-order valence-corrected chi connectivity index (χ2v) is 7.53. The van der Waals surface area contributed by atoms with Crippen LogP contribution in [0.25, 0.3) is 0 Å². The van der Waals surface area contributed by atoms with E-state index in [9.17, 15) is 4.79 Å². The van der Waals surface area contributed by atoms with Crippen molar-refractivity contribution in [1.82, 2.24) is 5.32 Å². The smallest absolute Gasteiger partial charge is 0.261 e. The number of benzene rings is 2. The number of aryl methyl sites for hydroxylation is 3. The predicted molar refractivity (Wildman–Crippen MR) is 110 cm³/mol. The van der Waals surface area contributed by atoms with Crippen LogP contribution < -0.4 is 10.1 Å². The summed E-state index contributed by atoms with van der Waals surface area (Å²) < 4.78 is 6.08. The van der Waals surface area contributed by atoms with Gasteiger partial charge in [-0.15, -0.1) is 0 Å². The lowest BCUT2D eigenvalue weighted by Crippen LogP contribution is -2.40. The van der Waals surface area contributed by atoms with E-state index in [-0.39, 0.29) is 11.9 Å². The highest BCUT2D eigenvalue weighted by Crippen LogP contribution is 2.26. The Morgan fingerprint density at radius 1 is 1.00 bits per heavy atom. The number of amides is 1. The molecule has 1 aliphatic rings. The van der Waals surface area contributed by atoms with E-state index >= 15 is 0 Å². The van der Waals surface area contributed by atoms with Crippen molar-refractivity contribution in [3.8, 4) is 5.75 Å². The summed E-state index contributed by atoms with van der Waals surface area (Å²) in [5, 5.41) is 3.17. The molecule has 2 aromatic rings. The lowest BCUT2D eigenvalue weighted by Gasteiger charge is -2.23. The molecule has 3 nitrogen and oxygen atoms in total. The lowest BCUT2D eigenvalue weighted by molar-refractivity contribution is -0.128. The Hall–Kier alpha value is -2.29. The van der Waals surface area contributed by atoms with Gasteiger partial charge in [0.05, 0.1) is 6.04 Å². The van der Waals surface area contributed by atoms with Gasteiger partial charge in [-0.05, 0) is 74.3 Å². The van der Waals surface area contributed by atoms with Gasteiger partial charge < -0.3 is 10.1 Å². The Morgan fingerprint density at radius 2 is 1.70 bits per heavy atom. The van der Waals surface area contributed by atoms with Crippen molar-refractivity contribution < 1.29 is 9.53 Å². The fraction of sp³-hybridized carbons (Fsp3) is 0.458. The molecule has 0 unspecified atom stereocenters. The van der Waals surface area contributed by atoms with E-state index in [4.69, 9.17) is 4.74 Å². The number of fused-ring (bicyclic) bond motifs is 1. The van der Waals surface area contributed by atoms with Crippen LogP contribution in [0.5, 0.6) is 5.75 Å². The molecular weight excluding hydrogens is 334 g/mol. The molecular formula is C24H31NO2. The van der Waals surface area contributed by atoms with Crippen molar-refractivity contribution in [2.75, 3.05) is 0 Å². The van der Waals surface area contributed by atoms with Gasteiger partial charge in [0, 0.05) is 0 Å². The van der Waals surface area contributed by atoms with E-state index < -0.39 is 6.10 Å². The van der Waals surface area contributed by atoms with Crippen LogP contribution in [-0.2, 0) is 17.6 Å². The Bertz CT molecular complexity index is 766. The summed E-state index contributed by atoms with van der Waals surface area (Å²) >= 11 is 0. The molecule has 0 radical (unpaired) electrons. The van der Waals surface area contributed by atoms with Gasteiger partial charge in [0.15, 0.2) is 6.10 Å². The molecule has 1 N–H and O–H groups in total. The highest BCUT2D eigenvalue weighted by Gasteiger charge is 2.22. The number of hydrogen-bond donors (Lipinski definition) is 1. The summed E-state index contributed by atoms with van der Waals surface area (Å²) in [5.41, 5.74) is 5.17. The van der Waals surface area contributed by atoms with Crippen LogP contribution >= 0.6 is 0 Å². The minimum atomic E-state index is -0.467. The maximum absolute atomic E-state index is 12.8. The summed E-state index contributed by atoms with van der Waals surface area (Å²) in [6, 6.07) is 14.7. The second kappa shape index (κ2) is 9.07. The third-order valence-corrected chi connectivity index (χ3v) is 5.47. The zero-order valence-corrected chi connectivity index (χ0v) is 16.8. The number of ether oxygens (including phenoxy) is 1. The van der Waals surface area contributed by atoms with E-state index in [1.807, 2.05) is 13.0 Å². The Kier molecular flexibility index (Phi) is 6.54. The Balaban J connectivity index is 1.67. The number of carbonyl (C=O) groups excluding carboxylic acids is 1. The molecule has 0 saturated heterocycles. The monoisotopic (exact) mass is 365 g/mol. The zero-order chi connectivity index (χ0) is 19.2. The van der Waals surface area contributed by atoms with Crippen LogP contribution in [0.15, 0.2) is 42.5 Å². The van der Waals surface area contributed by atoms with Crippen molar-refractivity contribution in [2.45, 2.75) is 71.4 Å². The summed E-state index contributed by atoms with van der Waals surface area (Å²) in [4.78, 5) is 12.8. The lowest BCUT2D eigenvalue weighted by atomic mass is 9.92. The minimum absolute atomic E-state index is 0.0132. The average molecular weight is 366 g/mol. The molecule has 27 heavy (non-hydrogen) atoms. The first kappa shape index (κ1) is 19.5. The first-order valence-corrected chi connectivity index (χ1v) is 10.3. The first-order valence-electron chi connectivity index (χ1n) is 10.3. The van der Waals surface area contributed by atoms with Crippen LogP contribution in [0.2, 0.25) is 0 Å². The SMILES string of the molecule is CC[C@H](NC(=O)[C@@H](CC)Oc1ccc2c(c1)CCCC2)c1ccc(C)cc1. The van der Waals surface area contributed by atoms with E-state index in [0.717, 1.165) is 30.6 Å². The van der Waals surface area contributed by atoms with Gasteiger partial charge in [-0.3, -0.25) is 4.79 Å². The topological polar surface area (TPSA) is 38.3 Å². The normalized spacial score (nSPS) is 15.5. The van der Waals surface area contributed by atoms with Crippen LogP contribution in [0, 0.1) is 6.92 Å². The maximum atomic E-state index is 12.8. The fourth-order valence-corrected chi connectivity index (χ4v) is 3.75. The number of nitrogens with one attached hydrogen (secondary N) is 1. The van der Waals surface area contributed by atoms with Gasteiger partial charge >= 0.3 is 0 Å². The van der Waals surface area contributed by atoms with Crippen LogP contribution in [0.1, 0.15) is 67.8 Å². The van der Waals surface area contributed by atoms with Crippen molar-refractivity contribution in [3.63, 3.8) is 0 Å². The molecule has 1 amide bonds. The molecule has 3 heteroatoms. The standard InChI is InChI=1S/C24H31NO2/c1-4-22(19-12-10-17(3)11-13-19)25-24(26)23(5-2)27-21-15-14-18-8-6-7-9-20(18)16-21/h10-16,22-23H,4-9H2,1-3H3,(H,25,26)/t22-,23+/m0/s1. The summed E-state index contributed by atoms with van der Waals surface area (Å²) in [6.07, 6.45) is 5.80. The quantitative estimate of drug-likeness (QED) is 0.723. The molecule has 2 atom stereocenters. The predicted octanol–water partition coefficient (Wildman–Crippen LogP) is 5.30. The van der Waals surface area contributed by atoms with Gasteiger partial charge in [0.1, 0.15) is 5.75 Å². The highest BCUT2D eigenvalue weighted by molar-refractivity contribution is 5.81. The van der Waals surface area contributed by atoms with Crippen molar-refractivity contribution in [2.24, 2.45) is 0 Å². The molecule has 0 aliphatic heterocycles. The van der Waals surface area contributed by atoms with E-state index in [0.29, 0.717) is 6.42 Å². The Morgan fingerprint density at radius 3 is 2.37 bits per heavy atom. The summed E-state index contributed by atoms with van der Waals surface area (Å²) in [6.45, 7) is 6.16. The molecule has 0 fully saturated rings. The zero-order valence-electron chi connectivity index (χ0n) is 16.8. The Labute approximate surface area is 163 Å². The molecule has 0 spiro atoms. The maximum Gasteiger partial charge on any atom is 0.261 e. The third kappa shape index (κ3) is 4.91. The summed E-state index contributed by atoms with van der Waals surface area (Å²) in [5.74, 6) is 0.767. The van der Waals surface area contributed by atoms with Gasteiger partial charge in [0.25, 0.3) is 5.91 Å². The van der Waals surface area contributed by atoms with Gasteiger partial charge in [-0.25, -0.2) is 0 Å². The molecule has 0 aromatic heterocycles. The van der Waals surface area contributed by atoms with Crippen LogP contribution in [-0.4, -0.2) is 12.0 Å². The van der Waals surface area contributed by atoms with Gasteiger partial charge in [-0.2, -0.15) is 0 Å². The van der Waals surface area contributed by atoms with Crippen molar-refractivity contribution >= 4 is 5.91 Å². The number of carbonyl (C=O) groups is 1. The van der Waals surface area contributed by atoms with E-state index in [1.165, 1.54) is 29.5 Å². The van der Waals surface area contributed by atoms with Crippen molar-refractivity contribution in [1.29, 1.82) is 0 Å². The van der Waals surface area contributed by atoms with Crippen LogP contribution in [0.3, 0.4) is 0 Å². The average Bonchev–Trinajstić information content (AvgIpc) is 2.70. The second-order valence-electron chi connectivity index (χ2n) is 7.53. The largest absolute Gasteiger partial charge is 0.481 e. The van der Waals surface area contributed by atoms with E-state index in [2.05, 4.69) is 55.6 Å². The summed E-state index contributed by atoms with van der Waals surface area (Å²) in [7, 11) is 0. The molecule has 2 aromatic carbocycles. The minimum Gasteiger partial charge on any atom is -0.481 e. The molecule has 0 bridgehead atoms. The fourth-order valence-electron chi connectivity index (χ4n) is 3.75. The van der Waals surface area contributed by atoms with E-state index in [1.54, 1.807) is 0 Å². The molecule has 0 heterocycles. The van der Waals surface area contributed by atoms with Crippen LogP contribution in [0.4, 0.5) is 0 Å².